The second kappa shape index (κ2) is 4.78. The number of carboxylic acids is 1. The van der Waals surface area contributed by atoms with Crippen molar-refractivity contribution in [1.29, 1.82) is 0 Å². The number of rotatable bonds is 3. The zero-order valence-electron chi connectivity index (χ0n) is 9.17. The Hall–Kier alpha value is -1.17. The third-order valence-electron chi connectivity index (χ3n) is 3.17. The fraction of sp³-hybridized carbons (Fsp3) is 0.700. The molecule has 0 amide bonds. The molecule has 0 saturated carbocycles. The lowest BCUT2D eigenvalue weighted by molar-refractivity contribution is -0.139. The van der Waals surface area contributed by atoms with E-state index < -0.39 is 12.0 Å². The molecule has 5 nitrogen and oxygen atoms in total. The van der Waals surface area contributed by atoms with Gasteiger partial charge in [-0.1, -0.05) is 24.7 Å². The molecule has 0 aromatic carbocycles. The summed E-state index contributed by atoms with van der Waals surface area (Å²) in [4.78, 5) is 13.1. The minimum Gasteiger partial charge on any atom is -0.480 e. The average molecular weight is 241 g/mol. The maximum absolute atomic E-state index is 11.2. The van der Waals surface area contributed by atoms with Crippen LogP contribution in [0.2, 0.25) is 0 Å². The van der Waals surface area contributed by atoms with Gasteiger partial charge < -0.3 is 10.0 Å². The van der Waals surface area contributed by atoms with Crippen LogP contribution in [0.1, 0.15) is 26.2 Å². The van der Waals surface area contributed by atoms with Crippen molar-refractivity contribution in [2.24, 2.45) is 5.92 Å². The van der Waals surface area contributed by atoms with Crippen LogP contribution >= 0.6 is 11.3 Å². The van der Waals surface area contributed by atoms with E-state index in [1.165, 1.54) is 11.3 Å². The molecule has 1 N–H and O–H groups in total. The number of hydrogen-bond donors (Lipinski definition) is 1. The van der Waals surface area contributed by atoms with Crippen LogP contribution in [0, 0.1) is 5.92 Å². The first-order valence-electron chi connectivity index (χ1n) is 5.48. The number of hydrogen-bond acceptors (Lipinski definition) is 5. The standard InChI is InChI=1S/C10H15N3O2S/c1-2-7-3-4-13(8(5-7)9(14)15)10-12-11-6-16-10/h6-8H,2-5H2,1H3,(H,14,15). The van der Waals surface area contributed by atoms with Crippen molar-refractivity contribution in [1.82, 2.24) is 10.2 Å². The summed E-state index contributed by atoms with van der Waals surface area (Å²) in [6.07, 6.45) is 2.80. The van der Waals surface area contributed by atoms with E-state index in [9.17, 15) is 9.90 Å². The van der Waals surface area contributed by atoms with E-state index >= 15 is 0 Å². The highest BCUT2D eigenvalue weighted by atomic mass is 32.1. The summed E-state index contributed by atoms with van der Waals surface area (Å²) in [5, 5.41) is 17.7. The van der Waals surface area contributed by atoms with Gasteiger partial charge in [0.05, 0.1) is 0 Å². The Morgan fingerprint density at radius 1 is 1.75 bits per heavy atom. The van der Waals surface area contributed by atoms with Gasteiger partial charge >= 0.3 is 5.97 Å². The molecule has 16 heavy (non-hydrogen) atoms. The van der Waals surface area contributed by atoms with Gasteiger partial charge in [-0.25, -0.2) is 4.79 Å². The number of nitrogens with zero attached hydrogens (tertiary/aromatic N) is 3. The van der Waals surface area contributed by atoms with Crippen molar-refractivity contribution in [2.45, 2.75) is 32.2 Å². The van der Waals surface area contributed by atoms with E-state index in [0.717, 1.165) is 24.5 Å². The van der Waals surface area contributed by atoms with E-state index in [2.05, 4.69) is 17.1 Å². The predicted molar refractivity (Wildman–Crippen MR) is 61.7 cm³/mol. The predicted octanol–water partition coefficient (Wildman–Crippen LogP) is 1.62. The molecule has 0 aliphatic carbocycles. The van der Waals surface area contributed by atoms with Crippen molar-refractivity contribution in [3.8, 4) is 0 Å². The first-order chi connectivity index (χ1) is 7.72. The molecule has 2 rings (SSSR count). The van der Waals surface area contributed by atoms with E-state index in [1.807, 2.05) is 4.90 Å². The normalized spacial score (nSPS) is 25.7. The first kappa shape index (κ1) is 11.3. The van der Waals surface area contributed by atoms with Crippen molar-refractivity contribution in [3.05, 3.63) is 5.51 Å². The molecule has 6 heteroatoms. The third-order valence-corrected chi connectivity index (χ3v) is 3.89. The smallest absolute Gasteiger partial charge is 0.326 e. The number of aliphatic carboxylic acids is 1. The highest BCUT2D eigenvalue weighted by Crippen LogP contribution is 2.30. The van der Waals surface area contributed by atoms with Crippen LogP contribution in [-0.4, -0.2) is 33.9 Å². The van der Waals surface area contributed by atoms with Gasteiger partial charge in [-0.05, 0) is 18.8 Å². The van der Waals surface area contributed by atoms with Gasteiger partial charge in [0.25, 0.3) is 0 Å². The quantitative estimate of drug-likeness (QED) is 0.871. The lowest BCUT2D eigenvalue weighted by atomic mass is 9.89. The Morgan fingerprint density at radius 3 is 3.12 bits per heavy atom. The fourth-order valence-electron chi connectivity index (χ4n) is 2.16. The Kier molecular flexibility index (Phi) is 3.38. The second-order valence-corrected chi connectivity index (χ2v) is 4.88. The Balaban J connectivity index is 2.15. The molecule has 1 saturated heterocycles. The Labute approximate surface area is 98.1 Å². The van der Waals surface area contributed by atoms with E-state index in [0.29, 0.717) is 12.3 Å². The number of piperidine rings is 1. The zero-order valence-corrected chi connectivity index (χ0v) is 9.98. The Morgan fingerprint density at radius 2 is 2.56 bits per heavy atom. The second-order valence-electron chi connectivity index (χ2n) is 4.07. The van der Waals surface area contributed by atoms with Crippen LogP contribution in [-0.2, 0) is 4.79 Å². The molecule has 1 aliphatic heterocycles. The summed E-state index contributed by atoms with van der Waals surface area (Å²) in [7, 11) is 0. The first-order valence-corrected chi connectivity index (χ1v) is 6.36. The average Bonchev–Trinajstić information content (AvgIpc) is 2.81. The number of carboxylic acid groups (broad SMARTS) is 1. The number of aromatic nitrogens is 2. The maximum Gasteiger partial charge on any atom is 0.326 e. The highest BCUT2D eigenvalue weighted by Gasteiger charge is 2.34. The van der Waals surface area contributed by atoms with Gasteiger partial charge in [-0.3, -0.25) is 0 Å². The van der Waals surface area contributed by atoms with Gasteiger partial charge in [0.1, 0.15) is 11.6 Å². The SMILES string of the molecule is CCC1CCN(c2nncs2)C(C(=O)O)C1. The van der Waals surface area contributed by atoms with Crippen LogP contribution in [0.4, 0.5) is 5.13 Å². The highest BCUT2D eigenvalue weighted by molar-refractivity contribution is 7.13. The van der Waals surface area contributed by atoms with Crippen LogP contribution in [0.3, 0.4) is 0 Å². The van der Waals surface area contributed by atoms with Crippen molar-refractivity contribution >= 4 is 22.4 Å². The molecule has 0 bridgehead atoms. The summed E-state index contributed by atoms with van der Waals surface area (Å²) in [5.74, 6) is -0.237. The monoisotopic (exact) mass is 241 g/mol. The maximum atomic E-state index is 11.2. The molecule has 2 heterocycles. The summed E-state index contributed by atoms with van der Waals surface area (Å²) < 4.78 is 0. The number of anilines is 1. The van der Waals surface area contributed by atoms with Gasteiger partial charge in [-0.15, -0.1) is 10.2 Å². The van der Waals surface area contributed by atoms with Crippen LogP contribution < -0.4 is 4.90 Å². The molecular formula is C10H15N3O2S. The lowest BCUT2D eigenvalue weighted by Crippen LogP contribution is -2.47. The molecule has 0 radical (unpaired) electrons. The minimum atomic E-state index is -0.756. The molecule has 1 fully saturated rings. The van der Waals surface area contributed by atoms with E-state index in [-0.39, 0.29) is 0 Å². The topological polar surface area (TPSA) is 66.3 Å². The van der Waals surface area contributed by atoms with Gasteiger partial charge in [-0.2, -0.15) is 0 Å². The summed E-state index contributed by atoms with van der Waals surface area (Å²) in [6, 6.07) is -0.438. The molecule has 1 aromatic heterocycles. The zero-order chi connectivity index (χ0) is 11.5. The van der Waals surface area contributed by atoms with Crippen LogP contribution in [0.5, 0.6) is 0 Å². The summed E-state index contributed by atoms with van der Waals surface area (Å²) >= 11 is 1.40. The largest absolute Gasteiger partial charge is 0.480 e. The molecular weight excluding hydrogens is 226 g/mol. The fourth-order valence-corrected chi connectivity index (χ4v) is 2.80. The molecule has 1 aliphatic rings. The van der Waals surface area contributed by atoms with E-state index in [1.54, 1.807) is 5.51 Å². The third kappa shape index (κ3) is 2.16. The van der Waals surface area contributed by atoms with Crippen molar-refractivity contribution in [3.63, 3.8) is 0 Å². The van der Waals surface area contributed by atoms with Crippen LogP contribution in [0.15, 0.2) is 5.51 Å². The molecule has 2 atom stereocenters. The molecule has 88 valence electrons. The summed E-state index contributed by atoms with van der Waals surface area (Å²) in [5.41, 5.74) is 1.64. The van der Waals surface area contributed by atoms with Gasteiger partial charge in [0.2, 0.25) is 5.13 Å². The minimum absolute atomic E-state index is 0.438. The number of carbonyl (C=O) groups is 1. The van der Waals surface area contributed by atoms with Crippen LogP contribution in [0.25, 0.3) is 0 Å². The van der Waals surface area contributed by atoms with Crippen molar-refractivity contribution < 1.29 is 9.90 Å². The molecule has 2 unspecified atom stereocenters. The van der Waals surface area contributed by atoms with Gasteiger partial charge in [0.15, 0.2) is 0 Å². The Bertz CT molecular complexity index is 355. The van der Waals surface area contributed by atoms with Crippen molar-refractivity contribution in [2.75, 3.05) is 11.4 Å². The lowest BCUT2D eigenvalue weighted by Gasteiger charge is -2.36. The summed E-state index contributed by atoms with van der Waals surface area (Å²) in [6.45, 7) is 2.88. The van der Waals surface area contributed by atoms with E-state index in [4.69, 9.17) is 0 Å². The van der Waals surface area contributed by atoms with Gasteiger partial charge in [0, 0.05) is 6.54 Å². The molecule has 0 spiro atoms. The molecule has 1 aromatic rings.